The number of ether oxygens (including phenoxy) is 1. The van der Waals surface area contributed by atoms with Gasteiger partial charge in [-0.05, 0) is 19.4 Å². The number of nitrogens with zero attached hydrogens (tertiary/aromatic N) is 1. The van der Waals surface area contributed by atoms with Gasteiger partial charge in [-0.25, -0.2) is 4.79 Å². The van der Waals surface area contributed by atoms with E-state index < -0.39 is 6.10 Å². The van der Waals surface area contributed by atoms with Gasteiger partial charge in [0.05, 0.1) is 24.5 Å². The zero-order valence-corrected chi connectivity index (χ0v) is 12.2. The molecule has 20 heavy (non-hydrogen) atoms. The number of methoxy groups -OCH3 is 1. The van der Waals surface area contributed by atoms with Crippen LogP contribution in [-0.2, 0) is 9.53 Å². The smallest absolute Gasteiger partial charge is 0.335 e. The van der Waals surface area contributed by atoms with Gasteiger partial charge < -0.3 is 14.7 Å². The fourth-order valence-corrected chi connectivity index (χ4v) is 2.77. The first kappa shape index (κ1) is 14.6. The monoisotopic (exact) mass is 275 g/mol. The highest BCUT2D eigenvalue weighted by molar-refractivity contribution is 5.98. The molecule has 1 N–H and O–H groups in total. The van der Waals surface area contributed by atoms with Gasteiger partial charge in [-0.15, -0.1) is 0 Å². The number of benzene rings is 1. The van der Waals surface area contributed by atoms with E-state index in [0.29, 0.717) is 12.0 Å². The van der Waals surface area contributed by atoms with E-state index in [9.17, 15) is 9.90 Å². The Bertz CT molecular complexity index is 532. The third-order valence-electron chi connectivity index (χ3n) is 3.77. The molecule has 1 aliphatic carbocycles. The van der Waals surface area contributed by atoms with Gasteiger partial charge in [0.2, 0.25) is 0 Å². The normalized spacial score (nSPS) is 17.7. The summed E-state index contributed by atoms with van der Waals surface area (Å²) in [5.74, 6) is -0.361. The van der Waals surface area contributed by atoms with Crippen LogP contribution in [0, 0.1) is 0 Å². The van der Waals surface area contributed by atoms with Gasteiger partial charge in [0.15, 0.2) is 0 Å². The second-order valence-electron chi connectivity index (χ2n) is 4.80. The Morgan fingerprint density at radius 1 is 1.35 bits per heavy atom. The SMILES string of the molecule is CCN(CC)C1=C(C(=O)OC)CC(O)c2ccccc21. The number of aliphatic hydroxyl groups excluding tert-OH is 1. The van der Waals surface area contributed by atoms with Crippen molar-refractivity contribution >= 4 is 11.7 Å². The Morgan fingerprint density at radius 3 is 2.60 bits per heavy atom. The molecule has 0 saturated carbocycles. The van der Waals surface area contributed by atoms with Crippen LogP contribution >= 0.6 is 0 Å². The van der Waals surface area contributed by atoms with Crippen molar-refractivity contribution in [2.75, 3.05) is 20.2 Å². The molecule has 0 fully saturated rings. The van der Waals surface area contributed by atoms with E-state index >= 15 is 0 Å². The standard InChI is InChI=1S/C16H21NO3/c1-4-17(5-2)15-12-9-7-6-8-11(12)14(18)10-13(15)16(19)20-3/h6-9,14,18H,4-5,10H2,1-3H3. The van der Waals surface area contributed by atoms with E-state index in [1.807, 2.05) is 24.3 Å². The summed E-state index contributed by atoms with van der Waals surface area (Å²) in [5.41, 5.74) is 3.25. The Morgan fingerprint density at radius 2 is 2.00 bits per heavy atom. The van der Waals surface area contributed by atoms with Crippen LogP contribution in [0.5, 0.6) is 0 Å². The number of aliphatic hydroxyl groups is 1. The number of hydrogen-bond acceptors (Lipinski definition) is 4. The third kappa shape index (κ3) is 2.43. The molecule has 1 aromatic rings. The summed E-state index contributed by atoms with van der Waals surface area (Å²) in [6, 6.07) is 7.70. The molecule has 4 heteroatoms. The minimum atomic E-state index is -0.653. The lowest BCUT2D eigenvalue weighted by atomic mass is 9.86. The lowest BCUT2D eigenvalue weighted by molar-refractivity contribution is -0.136. The quantitative estimate of drug-likeness (QED) is 0.857. The average Bonchev–Trinajstić information content (AvgIpc) is 2.49. The molecule has 2 rings (SSSR count). The second kappa shape index (κ2) is 6.09. The van der Waals surface area contributed by atoms with Crippen LogP contribution in [0.1, 0.15) is 37.5 Å². The summed E-state index contributed by atoms with van der Waals surface area (Å²) in [7, 11) is 1.38. The number of hydrogen-bond donors (Lipinski definition) is 1. The van der Waals surface area contributed by atoms with Crippen molar-refractivity contribution in [3.05, 3.63) is 41.0 Å². The molecule has 0 bridgehead atoms. The summed E-state index contributed by atoms with van der Waals surface area (Å²) in [4.78, 5) is 14.2. The lowest BCUT2D eigenvalue weighted by Crippen LogP contribution is -2.28. The van der Waals surface area contributed by atoms with Crippen molar-refractivity contribution in [3.63, 3.8) is 0 Å². The molecular formula is C16H21NO3. The van der Waals surface area contributed by atoms with E-state index in [4.69, 9.17) is 4.74 Å². The van der Waals surface area contributed by atoms with Gasteiger partial charge in [0, 0.05) is 25.1 Å². The molecule has 0 radical (unpaired) electrons. The maximum absolute atomic E-state index is 12.1. The van der Waals surface area contributed by atoms with Gasteiger partial charge in [0.25, 0.3) is 0 Å². The average molecular weight is 275 g/mol. The molecule has 0 amide bonds. The van der Waals surface area contributed by atoms with E-state index in [2.05, 4.69) is 18.7 Å². The molecular weight excluding hydrogens is 254 g/mol. The Labute approximate surface area is 119 Å². The van der Waals surface area contributed by atoms with Gasteiger partial charge in [-0.3, -0.25) is 0 Å². The number of carbonyl (C=O) groups is 1. The van der Waals surface area contributed by atoms with Crippen molar-refractivity contribution in [1.29, 1.82) is 0 Å². The number of rotatable bonds is 4. The first-order chi connectivity index (χ1) is 9.63. The van der Waals surface area contributed by atoms with E-state index in [1.54, 1.807) is 0 Å². The highest BCUT2D eigenvalue weighted by Crippen LogP contribution is 2.39. The van der Waals surface area contributed by atoms with Crippen molar-refractivity contribution in [2.45, 2.75) is 26.4 Å². The Balaban J connectivity index is 2.64. The minimum Gasteiger partial charge on any atom is -0.466 e. The molecule has 1 atom stereocenters. The summed E-state index contributed by atoms with van der Waals surface area (Å²) in [6.45, 7) is 5.71. The van der Waals surface area contributed by atoms with Crippen LogP contribution in [-0.4, -0.2) is 36.2 Å². The molecule has 108 valence electrons. The Kier molecular flexibility index (Phi) is 4.45. The second-order valence-corrected chi connectivity index (χ2v) is 4.80. The minimum absolute atomic E-state index is 0.301. The predicted molar refractivity (Wildman–Crippen MR) is 77.9 cm³/mol. The maximum Gasteiger partial charge on any atom is 0.335 e. The molecule has 1 aliphatic rings. The molecule has 0 aromatic heterocycles. The molecule has 0 spiro atoms. The summed E-state index contributed by atoms with van der Waals surface area (Å²) in [5, 5.41) is 10.3. The summed E-state index contributed by atoms with van der Waals surface area (Å²) < 4.78 is 4.89. The highest BCUT2D eigenvalue weighted by atomic mass is 16.5. The van der Waals surface area contributed by atoms with Crippen molar-refractivity contribution < 1.29 is 14.6 Å². The first-order valence-electron chi connectivity index (χ1n) is 6.97. The van der Waals surface area contributed by atoms with Crippen LogP contribution in [0.15, 0.2) is 29.8 Å². The van der Waals surface area contributed by atoms with Crippen LogP contribution < -0.4 is 0 Å². The van der Waals surface area contributed by atoms with E-state index in [0.717, 1.165) is 29.9 Å². The molecule has 1 aromatic carbocycles. The predicted octanol–water partition coefficient (Wildman–Crippen LogP) is 2.35. The van der Waals surface area contributed by atoms with Gasteiger partial charge in [0.1, 0.15) is 0 Å². The zero-order chi connectivity index (χ0) is 14.7. The number of esters is 1. The summed E-state index contributed by atoms with van der Waals surface area (Å²) in [6.07, 6.45) is -0.352. The summed E-state index contributed by atoms with van der Waals surface area (Å²) >= 11 is 0. The molecule has 0 heterocycles. The van der Waals surface area contributed by atoms with Gasteiger partial charge in [-0.1, -0.05) is 24.3 Å². The van der Waals surface area contributed by atoms with Crippen molar-refractivity contribution in [1.82, 2.24) is 4.90 Å². The fourth-order valence-electron chi connectivity index (χ4n) is 2.77. The van der Waals surface area contributed by atoms with Crippen molar-refractivity contribution in [2.24, 2.45) is 0 Å². The number of fused-ring (bicyclic) bond motifs is 1. The maximum atomic E-state index is 12.1. The largest absolute Gasteiger partial charge is 0.466 e. The highest BCUT2D eigenvalue weighted by Gasteiger charge is 2.31. The van der Waals surface area contributed by atoms with Crippen LogP contribution in [0.25, 0.3) is 5.70 Å². The van der Waals surface area contributed by atoms with Crippen LogP contribution in [0.4, 0.5) is 0 Å². The molecule has 0 saturated heterocycles. The van der Waals surface area contributed by atoms with E-state index in [-0.39, 0.29) is 5.97 Å². The van der Waals surface area contributed by atoms with Crippen molar-refractivity contribution in [3.8, 4) is 0 Å². The molecule has 4 nitrogen and oxygen atoms in total. The molecule has 1 unspecified atom stereocenters. The zero-order valence-electron chi connectivity index (χ0n) is 12.2. The van der Waals surface area contributed by atoms with Gasteiger partial charge in [-0.2, -0.15) is 0 Å². The number of carbonyl (C=O) groups excluding carboxylic acids is 1. The first-order valence-corrected chi connectivity index (χ1v) is 6.97. The Hall–Kier alpha value is -1.81. The van der Waals surface area contributed by atoms with Crippen LogP contribution in [0.2, 0.25) is 0 Å². The third-order valence-corrected chi connectivity index (χ3v) is 3.77. The lowest BCUT2D eigenvalue weighted by Gasteiger charge is -2.33. The van der Waals surface area contributed by atoms with E-state index in [1.165, 1.54) is 7.11 Å². The topological polar surface area (TPSA) is 49.8 Å². The van der Waals surface area contributed by atoms with Gasteiger partial charge >= 0.3 is 5.97 Å². The van der Waals surface area contributed by atoms with Crippen LogP contribution in [0.3, 0.4) is 0 Å². The molecule has 0 aliphatic heterocycles. The fraction of sp³-hybridized carbons (Fsp3) is 0.438.